The lowest BCUT2D eigenvalue weighted by Gasteiger charge is -2.12. The number of urea groups is 1. The highest BCUT2D eigenvalue weighted by atomic mass is 16.5. The number of carbonyl (C=O) groups is 2. The van der Waals surface area contributed by atoms with E-state index < -0.39 is 6.03 Å². The average Bonchev–Trinajstić information content (AvgIpc) is 3.55. The molecule has 3 aromatic heterocycles. The Morgan fingerprint density at radius 2 is 1.62 bits per heavy atom. The molecule has 42 heavy (non-hydrogen) atoms. The summed E-state index contributed by atoms with van der Waals surface area (Å²) in [5, 5.41) is 17.9. The number of amides is 3. The number of hydrogen-bond acceptors (Lipinski definition) is 8. The van der Waals surface area contributed by atoms with Gasteiger partial charge in [0.1, 0.15) is 11.5 Å². The van der Waals surface area contributed by atoms with Crippen molar-refractivity contribution < 1.29 is 14.1 Å². The van der Waals surface area contributed by atoms with E-state index in [-0.39, 0.29) is 11.3 Å². The summed E-state index contributed by atoms with van der Waals surface area (Å²) in [6.07, 6.45) is 3.31. The van der Waals surface area contributed by atoms with Gasteiger partial charge >= 0.3 is 6.03 Å². The van der Waals surface area contributed by atoms with Crippen LogP contribution in [0.4, 0.5) is 27.7 Å². The number of rotatable bonds is 7. The van der Waals surface area contributed by atoms with E-state index in [2.05, 4.69) is 26.1 Å². The van der Waals surface area contributed by atoms with Crippen LogP contribution in [0.25, 0.3) is 27.8 Å². The standard InChI is InChI=1S/C30H33N9O3/c1-30(2,3)24-14-25(37-42-24)35-29(41)34-20-10-12-21(13-11-20)39-23-16-32-15-22(31)27(23)28(36-39)18-6-8-19(9-7-18)33-26(40)17-38(4)5/h6-16H,17,31H2,1-5H3,(H,33,40)(H2,34,35,37,41). The SMILES string of the molecule is CN(C)CC(=O)Nc1ccc(-c2nn(-c3ccc(NC(=O)Nc4cc(C(C)(C)C)on4)cc3)c3cncc(N)c23)cc1. The van der Waals surface area contributed by atoms with Crippen molar-refractivity contribution in [2.75, 3.05) is 42.3 Å². The molecule has 5 rings (SSSR count). The number of nitrogens with one attached hydrogen (secondary N) is 3. The van der Waals surface area contributed by atoms with Gasteiger partial charge in [-0.2, -0.15) is 5.10 Å². The Balaban J connectivity index is 1.35. The molecule has 0 bridgehead atoms. The number of nitrogens with two attached hydrogens (primary N) is 1. The molecule has 0 unspecified atom stereocenters. The minimum Gasteiger partial charge on any atom is -0.397 e. The van der Waals surface area contributed by atoms with Gasteiger partial charge in [-0.1, -0.05) is 38.1 Å². The molecule has 3 heterocycles. The van der Waals surface area contributed by atoms with Crippen molar-refractivity contribution in [3.8, 4) is 16.9 Å². The van der Waals surface area contributed by atoms with Crippen LogP contribution in [0, 0.1) is 0 Å². The third-order valence-corrected chi connectivity index (χ3v) is 6.38. The second-order valence-electron chi connectivity index (χ2n) is 11.2. The van der Waals surface area contributed by atoms with Gasteiger partial charge in [0.25, 0.3) is 0 Å². The number of benzene rings is 2. The molecule has 2 aromatic carbocycles. The number of anilines is 4. The van der Waals surface area contributed by atoms with E-state index in [1.807, 2.05) is 71.3 Å². The smallest absolute Gasteiger partial charge is 0.324 e. The molecule has 5 aromatic rings. The summed E-state index contributed by atoms with van der Waals surface area (Å²) in [6, 6.07) is 15.9. The van der Waals surface area contributed by atoms with Crippen molar-refractivity contribution >= 4 is 45.7 Å². The van der Waals surface area contributed by atoms with Crippen molar-refractivity contribution in [1.82, 2.24) is 24.8 Å². The molecule has 0 spiro atoms. The summed E-state index contributed by atoms with van der Waals surface area (Å²) in [7, 11) is 3.68. The quantitative estimate of drug-likeness (QED) is 0.212. The van der Waals surface area contributed by atoms with Crippen LogP contribution in [0.15, 0.2) is 71.5 Å². The second kappa shape index (κ2) is 11.3. The van der Waals surface area contributed by atoms with Crippen LogP contribution in [0.2, 0.25) is 0 Å². The molecule has 0 radical (unpaired) electrons. The number of hydrogen-bond donors (Lipinski definition) is 4. The van der Waals surface area contributed by atoms with E-state index in [1.165, 1.54) is 0 Å². The molecular weight excluding hydrogens is 534 g/mol. The zero-order chi connectivity index (χ0) is 30.0. The number of fused-ring (bicyclic) bond motifs is 1. The third-order valence-electron chi connectivity index (χ3n) is 6.38. The van der Waals surface area contributed by atoms with Crippen LogP contribution in [-0.2, 0) is 10.2 Å². The lowest BCUT2D eigenvalue weighted by atomic mass is 9.93. The summed E-state index contributed by atoms with van der Waals surface area (Å²) >= 11 is 0. The van der Waals surface area contributed by atoms with Crippen LogP contribution in [-0.4, -0.2) is 57.4 Å². The summed E-state index contributed by atoms with van der Waals surface area (Å²) < 4.78 is 7.08. The van der Waals surface area contributed by atoms with Crippen LogP contribution >= 0.6 is 0 Å². The predicted octanol–water partition coefficient (Wildman–Crippen LogP) is 5.10. The lowest BCUT2D eigenvalue weighted by molar-refractivity contribution is -0.116. The number of nitrogen functional groups attached to an aromatic ring is 1. The maximum Gasteiger partial charge on any atom is 0.324 e. The van der Waals surface area contributed by atoms with Gasteiger partial charge in [-0.15, -0.1) is 0 Å². The molecule has 0 saturated carbocycles. The Hall–Kier alpha value is -5.23. The van der Waals surface area contributed by atoms with E-state index in [9.17, 15) is 9.59 Å². The number of likely N-dealkylation sites (N-methyl/N-ethyl adjacent to an activating group) is 1. The fraction of sp³-hybridized carbons (Fsp3) is 0.233. The van der Waals surface area contributed by atoms with E-state index in [0.717, 1.165) is 22.2 Å². The maximum atomic E-state index is 12.5. The minimum atomic E-state index is -0.443. The predicted molar refractivity (Wildman–Crippen MR) is 164 cm³/mol. The highest BCUT2D eigenvalue weighted by Crippen LogP contribution is 2.34. The summed E-state index contributed by atoms with van der Waals surface area (Å²) in [5.41, 5.74) is 10.9. The van der Waals surface area contributed by atoms with Gasteiger partial charge in [-0.3, -0.25) is 15.1 Å². The van der Waals surface area contributed by atoms with Gasteiger partial charge in [0.2, 0.25) is 5.91 Å². The topological polar surface area (TPSA) is 156 Å². The molecule has 12 heteroatoms. The van der Waals surface area contributed by atoms with E-state index >= 15 is 0 Å². The molecule has 216 valence electrons. The molecule has 0 aliphatic heterocycles. The van der Waals surface area contributed by atoms with Crippen molar-refractivity contribution in [3.63, 3.8) is 0 Å². The van der Waals surface area contributed by atoms with Gasteiger partial charge in [0.15, 0.2) is 5.82 Å². The van der Waals surface area contributed by atoms with Gasteiger partial charge < -0.3 is 25.8 Å². The number of nitrogens with zero attached hydrogens (tertiary/aromatic N) is 5. The van der Waals surface area contributed by atoms with Gasteiger partial charge in [-0.05, 0) is 50.5 Å². The molecule has 0 aliphatic rings. The van der Waals surface area contributed by atoms with Gasteiger partial charge in [0, 0.05) is 28.4 Å². The number of carbonyl (C=O) groups excluding carboxylic acids is 2. The zero-order valence-electron chi connectivity index (χ0n) is 24.1. The largest absolute Gasteiger partial charge is 0.397 e. The lowest BCUT2D eigenvalue weighted by Crippen LogP contribution is -2.27. The Morgan fingerprint density at radius 3 is 2.26 bits per heavy atom. The first-order valence-corrected chi connectivity index (χ1v) is 13.3. The van der Waals surface area contributed by atoms with E-state index in [0.29, 0.717) is 40.9 Å². The van der Waals surface area contributed by atoms with Crippen LogP contribution < -0.4 is 21.7 Å². The van der Waals surface area contributed by atoms with Gasteiger partial charge in [-0.25, -0.2) is 9.48 Å². The van der Waals surface area contributed by atoms with Gasteiger partial charge in [0.05, 0.1) is 41.2 Å². The van der Waals surface area contributed by atoms with Crippen LogP contribution in [0.3, 0.4) is 0 Å². The average molecular weight is 568 g/mol. The normalized spacial score (nSPS) is 11.6. The molecule has 0 atom stereocenters. The Labute approximate surface area is 242 Å². The van der Waals surface area contributed by atoms with Crippen LogP contribution in [0.5, 0.6) is 0 Å². The monoisotopic (exact) mass is 567 g/mol. The fourth-order valence-electron chi connectivity index (χ4n) is 4.34. The first kappa shape index (κ1) is 28.3. The Morgan fingerprint density at radius 1 is 0.952 bits per heavy atom. The highest BCUT2D eigenvalue weighted by Gasteiger charge is 2.21. The molecule has 5 N–H and O–H groups in total. The molecule has 0 fully saturated rings. The number of aromatic nitrogens is 4. The Bertz CT molecular complexity index is 1730. The summed E-state index contributed by atoms with van der Waals surface area (Å²) in [5.74, 6) is 0.908. The zero-order valence-corrected chi connectivity index (χ0v) is 24.1. The van der Waals surface area contributed by atoms with Crippen LogP contribution in [0.1, 0.15) is 26.5 Å². The third kappa shape index (κ3) is 6.23. The van der Waals surface area contributed by atoms with E-state index in [1.54, 1.807) is 40.2 Å². The molecule has 3 amide bonds. The fourth-order valence-corrected chi connectivity index (χ4v) is 4.34. The van der Waals surface area contributed by atoms with Crippen molar-refractivity contribution in [3.05, 3.63) is 72.8 Å². The minimum absolute atomic E-state index is 0.0963. The van der Waals surface area contributed by atoms with E-state index in [4.69, 9.17) is 15.4 Å². The molecule has 12 nitrogen and oxygen atoms in total. The molecular formula is C30H33N9O3. The van der Waals surface area contributed by atoms with Crippen molar-refractivity contribution in [2.24, 2.45) is 0 Å². The Kier molecular flexibility index (Phi) is 7.64. The summed E-state index contributed by atoms with van der Waals surface area (Å²) in [6.45, 7) is 6.29. The van der Waals surface area contributed by atoms with Crippen molar-refractivity contribution in [2.45, 2.75) is 26.2 Å². The first-order chi connectivity index (χ1) is 20.0. The first-order valence-electron chi connectivity index (χ1n) is 13.3. The highest BCUT2D eigenvalue weighted by molar-refractivity contribution is 6.02. The maximum absolute atomic E-state index is 12.5. The molecule has 0 saturated heterocycles. The second-order valence-corrected chi connectivity index (χ2v) is 11.2. The molecule has 0 aliphatic carbocycles. The number of pyridine rings is 1. The van der Waals surface area contributed by atoms with Crippen molar-refractivity contribution in [1.29, 1.82) is 0 Å². The summed E-state index contributed by atoms with van der Waals surface area (Å²) in [4.78, 5) is 30.7.